The van der Waals surface area contributed by atoms with Gasteiger partial charge in [-0.2, -0.15) is 5.10 Å². The van der Waals surface area contributed by atoms with Crippen LogP contribution in [0.2, 0.25) is 0 Å². The number of nitrogens with zero attached hydrogens (tertiary/aromatic N) is 2. The number of aromatic nitrogens is 2. The molecule has 0 atom stereocenters. The van der Waals surface area contributed by atoms with Crippen LogP contribution in [0.4, 0.5) is 5.69 Å². The highest BCUT2D eigenvalue weighted by atomic mass is 32.2. The van der Waals surface area contributed by atoms with Gasteiger partial charge in [0, 0.05) is 19.8 Å². The summed E-state index contributed by atoms with van der Waals surface area (Å²) in [6, 6.07) is 6.85. The van der Waals surface area contributed by atoms with Crippen molar-refractivity contribution in [2.24, 2.45) is 7.05 Å². The Hall–Kier alpha value is -1.86. The summed E-state index contributed by atoms with van der Waals surface area (Å²) in [5, 5.41) is 7.25. The number of aryl methyl sites for hydroxylation is 1. The van der Waals surface area contributed by atoms with Gasteiger partial charge in [-0.15, -0.1) is 0 Å². The van der Waals surface area contributed by atoms with E-state index in [1.807, 2.05) is 13.2 Å². The summed E-state index contributed by atoms with van der Waals surface area (Å²) in [5.74, 6) is 0. The van der Waals surface area contributed by atoms with Gasteiger partial charge in [-0.25, -0.2) is 13.1 Å². The Kier molecular flexibility index (Phi) is 4.41. The second-order valence-electron chi connectivity index (χ2n) is 4.40. The first-order valence-corrected chi connectivity index (χ1v) is 7.75. The third-order valence-electron chi connectivity index (χ3n) is 2.93. The normalized spacial score (nSPS) is 11.5. The topological polar surface area (TPSA) is 76.0 Å². The Morgan fingerprint density at radius 2 is 2.05 bits per heavy atom. The SMILES string of the molecule is CNS(=O)(=O)c1ccccc1NCCc1cnn(C)c1. The van der Waals surface area contributed by atoms with E-state index in [1.54, 1.807) is 35.1 Å². The van der Waals surface area contributed by atoms with Gasteiger partial charge >= 0.3 is 0 Å². The minimum Gasteiger partial charge on any atom is -0.384 e. The fourth-order valence-electron chi connectivity index (χ4n) is 1.90. The molecule has 7 heteroatoms. The van der Waals surface area contributed by atoms with Crippen LogP contribution in [0.3, 0.4) is 0 Å². The van der Waals surface area contributed by atoms with Gasteiger partial charge < -0.3 is 5.32 Å². The molecule has 0 unspecified atom stereocenters. The predicted molar refractivity (Wildman–Crippen MR) is 78.1 cm³/mol. The van der Waals surface area contributed by atoms with Crippen LogP contribution in [0, 0.1) is 0 Å². The van der Waals surface area contributed by atoms with E-state index in [1.165, 1.54) is 7.05 Å². The molecule has 0 amide bonds. The van der Waals surface area contributed by atoms with Gasteiger partial charge in [-0.3, -0.25) is 4.68 Å². The van der Waals surface area contributed by atoms with Gasteiger partial charge in [0.2, 0.25) is 10.0 Å². The van der Waals surface area contributed by atoms with Crippen molar-refractivity contribution in [3.05, 3.63) is 42.2 Å². The molecular weight excluding hydrogens is 276 g/mol. The van der Waals surface area contributed by atoms with Gasteiger partial charge in [0.25, 0.3) is 0 Å². The minimum absolute atomic E-state index is 0.258. The highest BCUT2D eigenvalue weighted by Crippen LogP contribution is 2.20. The molecule has 1 heterocycles. The average molecular weight is 294 g/mol. The summed E-state index contributed by atoms with van der Waals surface area (Å²) in [4.78, 5) is 0.258. The lowest BCUT2D eigenvalue weighted by Gasteiger charge is -2.11. The van der Waals surface area contributed by atoms with Crippen LogP contribution in [0.5, 0.6) is 0 Å². The molecule has 2 rings (SSSR count). The lowest BCUT2D eigenvalue weighted by Crippen LogP contribution is -2.20. The summed E-state index contributed by atoms with van der Waals surface area (Å²) in [6.07, 6.45) is 4.53. The quantitative estimate of drug-likeness (QED) is 0.833. The van der Waals surface area contributed by atoms with E-state index in [9.17, 15) is 8.42 Å². The molecule has 0 radical (unpaired) electrons. The molecule has 0 saturated carbocycles. The predicted octanol–water partition coefficient (Wildman–Crippen LogP) is 0.983. The number of para-hydroxylation sites is 1. The molecule has 0 bridgehead atoms. The molecule has 0 spiro atoms. The maximum Gasteiger partial charge on any atom is 0.242 e. The van der Waals surface area contributed by atoms with E-state index in [-0.39, 0.29) is 4.90 Å². The third kappa shape index (κ3) is 3.37. The number of nitrogens with one attached hydrogen (secondary N) is 2. The second kappa shape index (κ2) is 6.06. The summed E-state index contributed by atoms with van der Waals surface area (Å²) in [6.45, 7) is 0.641. The van der Waals surface area contributed by atoms with Crippen LogP contribution in [-0.2, 0) is 23.5 Å². The standard InChI is InChI=1S/C13H18N4O2S/c1-14-20(18,19)13-6-4-3-5-12(13)15-8-7-11-9-16-17(2)10-11/h3-6,9-10,14-15H,7-8H2,1-2H3. The van der Waals surface area contributed by atoms with Crippen LogP contribution in [0.15, 0.2) is 41.6 Å². The molecule has 2 N–H and O–H groups in total. The smallest absolute Gasteiger partial charge is 0.242 e. The van der Waals surface area contributed by atoms with E-state index >= 15 is 0 Å². The van der Waals surface area contributed by atoms with Gasteiger partial charge in [0.05, 0.1) is 11.9 Å². The Bertz CT molecular complexity index is 679. The Morgan fingerprint density at radius 1 is 1.30 bits per heavy atom. The van der Waals surface area contributed by atoms with Crippen molar-refractivity contribution >= 4 is 15.7 Å². The molecule has 1 aromatic heterocycles. The maximum atomic E-state index is 11.9. The number of hydrogen-bond acceptors (Lipinski definition) is 4. The van der Waals surface area contributed by atoms with Gasteiger partial charge in [-0.05, 0) is 31.2 Å². The van der Waals surface area contributed by atoms with E-state index in [0.717, 1.165) is 12.0 Å². The molecule has 6 nitrogen and oxygen atoms in total. The first-order chi connectivity index (χ1) is 9.53. The van der Waals surface area contributed by atoms with Crippen molar-refractivity contribution in [3.8, 4) is 0 Å². The molecule has 0 fully saturated rings. The zero-order chi connectivity index (χ0) is 14.6. The largest absolute Gasteiger partial charge is 0.384 e. The molecule has 108 valence electrons. The molecule has 0 aliphatic carbocycles. The molecule has 1 aromatic carbocycles. The maximum absolute atomic E-state index is 11.9. The number of rotatable bonds is 6. The minimum atomic E-state index is -3.45. The van der Waals surface area contributed by atoms with Crippen molar-refractivity contribution in [1.82, 2.24) is 14.5 Å². The van der Waals surface area contributed by atoms with Crippen molar-refractivity contribution in [2.75, 3.05) is 18.9 Å². The fourth-order valence-corrected chi connectivity index (χ4v) is 2.81. The Balaban J connectivity index is 2.06. The zero-order valence-corrected chi connectivity index (χ0v) is 12.3. The summed E-state index contributed by atoms with van der Waals surface area (Å²) < 4.78 is 27.9. The van der Waals surface area contributed by atoms with Crippen LogP contribution >= 0.6 is 0 Å². The molecule has 2 aromatic rings. The van der Waals surface area contributed by atoms with Crippen molar-refractivity contribution in [2.45, 2.75) is 11.3 Å². The molecule has 0 aliphatic rings. The highest BCUT2D eigenvalue weighted by Gasteiger charge is 2.15. The summed E-state index contributed by atoms with van der Waals surface area (Å²) in [7, 11) is -0.177. The van der Waals surface area contributed by atoms with E-state index in [4.69, 9.17) is 0 Å². The summed E-state index contributed by atoms with van der Waals surface area (Å²) >= 11 is 0. The van der Waals surface area contributed by atoms with Crippen molar-refractivity contribution < 1.29 is 8.42 Å². The van der Waals surface area contributed by atoms with E-state index < -0.39 is 10.0 Å². The monoisotopic (exact) mass is 294 g/mol. The first-order valence-electron chi connectivity index (χ1n) is 6.27. The molecule has 0 aliphatic heterocycles. The summed E-state index contributed by atoms with van der Waals surface area (Å²) in [5.41, 5.74) is 1.71. The number of sulfonamides is 1. The molecule has 20 heavy (non-hydrogen) atoms. The van der Waals surface area contributed by atoms with E-state index in [0.29, 0.717) is 12.2 Å². The molecule has 0 saturated heterocycles. The first kappa shape index (κ1) is 14.5. The third-order valence-corrected chi connectivity index (χ3v) is 4.41. The second-order valence-corrected chi connectivity index (χ2v) is 6.26. The van der Waals surface area contributed by atoms with Crippen LogP contribution in [-0.4, -0.2) is 31.8 Å². The van der Waals surface area contributed by atoms with Gasteiger partial charge in [0.1, 0.15) is 4.90 Å². The van der Waals surface area contributed by atoms with E-state index in [2.05, 4.69) is 15.1 Å². The van der Waals surface area contributed by atoms with Crippen LogP contribution in [0.1, 0.15) is 5.56 Å². The lowest BCUT2D eigenvalue weighted by atomic mass is 10.2. The Morgan fingerprint density at radius 3 is 2.70 bits per heavy atom. The number of benzene rings is 1. The average Bonchev–Trinajstić information content (AvgIpc) is 2.85. The number of anilines is 1. The highest BCUT2D eigenvalue weighted by molar-refractivity contribution is 7.89. The zero-order valence-electron chi connectivity index (χ0n) is 11.5. The lowest BCUT2D eigenvalue weighted by molar-refractivity contribution is 0.588. The van der Waals surface area contributed by atoms with Gasteiger partial charge in [0.15, 0.2) is 0 Å². The van der Waals surface area contributed by atoms with Crippen molar-refractivity contribution in [1.29, 1.82) is 0 Å². The Labute approximate surface area is 118 Å². The van der Waals surface area contributed by atoms with Gasteiger partial charge in [-0.1, -0.05) is 12.1 Å². The van der Waals surface area contributed by atoms with Crippen LogP contribution < -0.4 is 10.0 Å². The fraction of sp³-hybridized carbons (Fsp3) is 0.308. The van der Waals surface area contributed by atoms with Crippen molar-refractivity contribution in [3.63, 3.8) is 0 Å². The van der Waals surface area contributed by atoms with Crippen LogP contribution in [0.25, 0.3) is 0 Å². The number of hydrogen-bond donors (Lipinski definition) is 2. The molecular formula is C13H18N4O2S.